The molecule has 0 amide bonds. The fourth-order valence-corrected chi connectivity index (χ4v) is 3.52. The third kappa shape index (κ3) is 2.13. The Kier molecular flexibility index (Phi) is 3.01. The van der Waals surface area contributed by atoms with Crippen molar-refractivity contribution in [1.82, 2.24) is 24.4 Å². The van der Waals surface area contributed by atoms with E-state index in [2.05, 4.69) is 21.3 Å². The first-order valence-electron chi connectivity index (χ1n) is 7.63. The molecule has 0 aromatic carbocycles. The molecule has 3 heterocycles. The van der Waals surface area contributed by atoms with Gasteiger partial charge >= 0.3 is 6.05 Å². The Balaban J connectivity index is 1.97. The van der Waals surface area contributed by atoms with Gasteiger partial charge in [0, 0.05) is 30.9 Å². The van der Waals surface area contributed by atoms with E-state index in [1.165, 1.54) is 29.0 Å². The van der Waals surface area contributed by atoms with Gasteiger partial charge in [0.25, 0.3) is 0 Å². The highest BCUT2D eigenvalue weighted by molar-refractivity contribution is 5.51. The molecule has 4 rings (SSSR count). The summed E-state index contributed by atoms with van der Waals surface area (Å²) in [5, 5.41) is 17.3. The number of aromatic nitrogens is 5. The number of hydrogen-bond acceptors (Lipinski definition) is 4. The Labute approximate surface area is 140 Å². The summed E-state index contributed by atoms with van der Waals surface area (Å²) >= 11 is 0. The summed E-state index contributed by atoms with van der Waals surface area (Å²) in [4.78, 5) is 4.14. The van der Waals surface area contributed by atoms with Gasteiger partial charge in [-0.2, -0.15) is 23.5 Å². The zero-order valence-electron chi connectivity index (χ0n) is 13.4. The van der Waals surface area contributed by atoms with Crippen molar-refractivity contribution in [3.63, 3.8) is 0 Å². The van der Waals surface area contributed by atoms with Crippen molar-refractivity contribution in [2.24, 2.45) is 0 Å². The fourth-order valence-electron chi connectivity index (χ4n) is 3.52. The molecule has 128 valence electrons. The van der Waals surface area contributed by atoms with Gasteiger partial charge in [-0.1, -0.05) is 0 Å². The highest BCUT2D eigenvalue weighted by Crippen LogP contribution is 2.48. The Morgan fingerprint density at radius 1 is 1.40 bits per heavy atom. The van der Waals surface area contributed by atoms with Crippen LogP contribution in [0, 0.1) is 17.3 Å². The molecule has 1 aliphatic rings. The lowest BCUT2D eigenvalue weighted by atomic mass is 9.83. The fraction of sp³-hybridized carbons (Fsp3) is 0.375. The van der Waals surface area contributed by atoms with Crippen LogP contribution in [0.25, 0.3) is 5.65 Å². The maximum atomic E-state index is 13.6. The van der Waals surface area contributed by atoms with E-state index in [0.717, 1.165) is 6.92 Å². The summed E-state index contributed by atoms with van der Waals surface area (Å²) < 4.78 is 42.6. The lowest BCUT2D eigenvalue weighted by Gasteiger charge is -2.23. The second-order valence-corrected chi connectivity index (χ2v) is 6.50. The minimum atomic E-state index is -3.14. The highest BCUT2D eigenvalue weighted by Gasteiger charge is 2.46. The zero-order chi connectivity index (χ0) is 18.0. The van der Waals surface area contributed by atoms with Crippen molar-refractivity contribution >= 4 is 5.65 Å². The van der Waals surface area contributed by atoms with Gasteiger partial charge in [0.2, 0.25) is 5.95 Å². The predicted molar refractivity (Wildman–Crippen MR) is 80.5 cm³/mol. The first kappa shape index (κ1) is 15.6. The minimum Gasteiger partial charge on any atom is -0.237 e. The average Bonchev–Trinajstić information content (AvgIpc) is 3.21. The van der Waals surface area contributed by atoms with Crippen LogP contribution in [-0.4, -0.2) is 24.4 Å². The molecule has 25 heavy (non-hydrogen) atoms. The van der Waals surface area contributed by atoms with E-state index in [1.54, 1.807) is 6.92 Å². The molecule has 0 fully saturated rings. The number of fused-ring (bicyclic) bond motifs is 3. The van der Waals surface area contributed by atoms with Gasteiger partial charge in [0.15, 0.2) is 5.65 Å². The van der Waals surface area contributed by atoms with Crippen molar-refractivity contribution in [1.29, 1.82) is 5.26 Å². The van der Waals surface area contributed by atoms with Gasteiger partial charge in [-0.3, -0.25) is 0 Å². The average molecular weight is 346 g/mol. The van der Waals surface area contributed by atoms with E-state index in [1.807, 2.05) is 0 Å². The van der Waals surface area contributed by atoms with Gasteiger partial charge in [-0.15, -0.1) is 5.10 Å². The molecule has 0 saturated heterocycles. The maximum Gasteiger partial charge on any atom is 0.340 e. The van der Waals surface area contributed by atoms with Gasteiger partial charge in [0.1, 0.15) is 0 Å². The topological polar surface area (TPSA) is 71.8 Å². The van der Waals surface area contributed by atoms with Crippen LogP contribution in [0.1, 0.15) is 43.1 Å². The first-order chi connectivity index (χ1) is 11.7. The lowest BCUT2D eigenvalue weighted by Crippen LogP contribution is -2.26. The van der Waals surface area contributed by atoms with Crippen molar-refractivity contribution in [3.05, 3.63) is 47.4 Å². The molecule has 0 saturated carbocycles. The largest absolute Gasteiger partial charge is 0.340 e. The summed E-state index contributed by atoms with van der Waals surface area (Å²) in [6.07, 6.45) is 3.05. The van der Waals surface area contributed by atoms with Crippen LogP contribution in [0.15, 0.2) is 24.5 Å². The molecule has 2 unspecified atom stereocenters. The molecule has 6 nitrogen and oxygen atoms in total. The summed E-state index contributed by atoms with van der Waals surface area (Å²) in [6.45, 7) is 2.54. The quantitative estimate of drug-likeness (QED) is 0.715. The van der Waals surface area contributed by atoms with Crippen molar-refractivity contribution in [2.75, 3.05) is 0 Å². The summed E-state index contributed by atoms with van der Waals surface area (Å²) in [5.41, 5.74) is 0.958. The van der Waals surface area contributed by atoms with E-state index in [-0.39, 0.29) is 0 Å². The van der Waals surface area contributed by atoms with Crippen LogP contribution in [0.5, 0.6) is 0 Å². The van der Waals surface area contributed by atoms with E-state index < -0.39 is 23.3 Å². The number of alkyl halides is 2. The normalized spacial score (nSPS) is 23.0. The first-order valence-corrected chi connectivity index (χ1v) is 7.63. The Hall–Kier alpha value is -2.89. The molecule has 0 N–H and O–H groups in total. The van der Waals surface area contributed by atoms with E-state index >= 15 is 0 Å². The van der Waals surface area contributed by atoms with Gasteiger partial charge in [-0.25, -0.2) is 14.2 Å². The van der Waals surface area contributed by atoms with Crippen LogP contribution in [0.2, 0.25) is 0 Å². The predicted octanol–water partition coefficient (Wildman–Crippen LogP) is 2.95. The molecule has 0 bridgehead atoms. The molecule has 3 aromatic heterocycles. The molecule has 2 atom stereocenters. The van der Waals surface area contributed by atoms with Gasteiger partial charge < -0.3 is 0 Å². The number of rotatable bonds is 2. The van der Waals surface area contributed by atoms with Crippen LogP contribution in [0.3, 0.4) is 0 Å². The lowest BCUT2D eigenvalue weighted by molar-refractivity contribution is -0.0727. The van der Waals surface area contributed by atoms with E-state index in [4.69, 9.17) is 0 Å². The molecule has 1 aliphatic carbocycles. The zero-order valence-corrected chi connectivity index (χ0v) is 13.4. The smallest absolute Gasteiger partial charge is 0.237 e. The number of nitrogens with zero attached hydrogens (tertiary/aromatic N) is 6. The van der Waals surface area contributed by atoms with Crippen LogP contribution in [0.4, 0.5) is 13.2 Å². The second-order valence-electron chi connectivity index (χ2n) is 6.50. The molecule has 3 aromatic rings. The van der Waals surface area contributed by atoms with Crippen LogP contribution >= 0.6 is 0 Å². The standard InChI is InChI=1S/C16H13F3N6/c1-15(11-3-4-24(22-11)16(2,18)19)6-9(7-20)10-8-21-13-5-12(17)23-25(13)14(10)15/h3-5,8-9H,6H2,1-2H3. The Morgan fingerprint density at radius 2 is 2.16 bits per heavy atom. The van der Waals surface area contributed by atoms with Gasteiger partial charge in [0.05, 0.1) is 28.8 Å². The van der Waals surface area contributed by atoms with Crippen LogP contribution in [-0.2, 0) is 11.5 Å². The summed E-state index contributed by atoms with van der Waals surface area (Å²) in [7, 11) is 0. The minimum absolute atomic E-state index is 0.293. The van der Waals surface area contributed by atoms with Gasteiger partial charge in [-0.05, 0) is 19.4 Å². The highest BCUT2D eigenvalue weighted by atomic mass is 19.3. The molecule has 0 aliphatic heterocycles. The second kappa shape index (κ2) is 4.81. The maximum absolute atomic E-state index is 13.6. The summed E-state index contributed by atoms with van der Waals surface area (Å²) in [5.74, 6) is -1.20. The van der Waals surface area contributed by atoms with E-state index in [0.29, 0.717) is 33.7 Å². The third-order valence-corrected chi connectivity index (χ3v) is 4.70. The molecule has 9 heteroatoms. The monoisotopic (exact) mass is 346 g/mol. The van der Waals surface area contributed by atoms with Crippen LogP contribution < -0.4 is 0 Å². The molecular formula is C16H13F3N6. The Bertz CT molecular complexity index is 1020. The number of hydrogen-bond donors (Lipinski definition) is 0. The molecular weight excluding hydrogens is 333 g/mol. The molecule has 0 radical (unpaired) electrons. The summed E-state index contributed by atoms with van der Waals surface area (Å²) in [6, 6.07) is 1.73. The third-order valence-electron chi connectivity index (χ3n) is 4.70. The molecule has 0 spiro atoms. The number of nitriles is 1. The van der Waals surface area contributed by atoms with Crippen molar-refractivity contribution in [2.45, 2.75) is 37.6 Å². The van der Waals surface area contributed by atoms with Crippen molar-refractivity contribution in [3.8, 4) is 6.07 Å². The SMILES string of the molecule is CC1(c2ccn(C(C)(F)F)n2)CC(C#N)c2cnc3cc(F)nn3c21. The van der Waals surface area contributed by atoms with Crippen molar-refractivity contribution < 1.29 is 13.2 Å². The number of halogens is 3. The Morgan fingerprint density at radius 3 is 2.80 bits per heavy atom. The van der Waals surface area contributed by atoms with E-state index in [9.17, 15) is 18.4 Å².